The first kappa shape index (κ1) is 15.8. The van der Waals surface area contributed by atoms with Crippen LogP contribution in [0.2, 0.25) is 0 Å². The number of hydrogen-bond acceptors (Lipinski definition) is 3. The normalized spacial score (nSPS) is 11.4. The molecule has 0 amide bonds. The zero-order chi connectivity index (χ0) is 15.6. The second-order valence-corrected chi connectivity index (χ2v) is 6.98. The molecule has 0 atom stereocenters. The summed E-state index contributed by atoms with van der Waals surface area (Å²) < 4.78 is 41.0. The van der Waals surface area contributed by atoms with Gasteiger partial charge in [-0.2, -0.15) is 0 Å². The Morgan fingerprint density at radius 1 is 1.29 bits per heavy atom. The SMILES string of the molecule is CCc1cccc(NS(=O)(=O)c2cc(N)cc(Br)c2F)c1. The molecule has 0 saturated heterocycles. The van der Waals surface area contributed by atoms with Crippen LogP contribution in [0.15, 0.2) is 45.8 Å². The van der Waals surface area contributed by atoms with Crippen molar-refractivity contribution in [2.75, 3.05) is 10.5 Å². The van der Waals surface area contributed by atoms with Gasteiger partial charge >= 0.3 is 0 Å². The number of sulfonamides is 1. The third kappa shape index (κ3) is 3.54. The summed E-state index contributed by atoms with van der Waals surface area (Å²) in [6.07, 6.45) is 0.772. The van der Waals surface area contributed by atoms with Crippen molar-refractivity contribution in [2.24, 2.45) is 0 Å². The summed E-state index contributed by atoms with van der Waals surface area (Å²) in [6.45, 7) is 1.96. The molecule has 0 heterocycles. The van der Waals surface area contributed by atoms with Crippen molar-refractivity contribution in [2.45, 2.75) is 18.2 Å². The highest BCUT2D eigenvalue weighted by Crippen LogP contribution is 2.27. The van der Waals surface area contributed by atoms with E-state index in [1.54, 1.807) is 18.2 Å². The van der Waals surface area contributed by atoms with Crippen molar-refractivity contribution in [1.29, 1.82) is 0 Å². The highest BCUT2D eigenvalue weighted by molar-refractivity contribution is 9.10. The van der Waals surface area contributed by atoms with Crippen LogP contribution < -0.4 is 10.5 Å². The summed E-state index contributed by atoms with van der Waals surface area (Å²) in [5.74, 6) is -0.872. The summed E-state index contributed by atoms with van der Waals surface area (Å²) >= 11 is 2.95. The predicted molar refractivity (Wildman–Crippen MR) is 85.1 cm³/mol. The van der Waals surface area contributed by atoms with Crippen molar-refractivity contribution in [3.05, 3.63) is 52.3 Å². The summed E-state index contributed by atoms with van der Waals surface area (Å²) in [4.78, 5) is -0.490. The third-order valence-corrected chi connectivity index (χ3v) is 4.85. The fraction of sp³-hybridized carbons (Fsp3) is 0.143. The number of rotatable bonds is 4. The van der Waals surface area contributed by atoms with E-state index < -0.39 is 20.7 Å². The lowest BCUT2D eigenvalue weighted by Gasteiger charge is -2.11. The molecule has 0 fully saturated rings. The van der Waals surface area contributed by atoms with Crippen molar-refractivity contribution >= 4 is 37.3 Å². The molecule has 0 bridgehead atoms. The van der Waals surface area contributed by atoms with Crippen molar-refractivity contribution in [1.82, 2.24) is 0 Å². The Labute approximate surface area is 131 Å². The van der Waals surface area contributed by atoms with Crippen LogP contribution in [0.4, 0.5) is 15.8 Å². The minimum atomic E-state index is -4.05. The Morgan fingerprint density at radius 3 is 2.67 bits per heavy atom. The van der Waals surface area contributed by atoms with Gasteiger partial charge in [0.1, 0.15) is 4.90 Å². The maximum atomic E-state index is 14.0. The van der Waals surface area contributed by atoms with Gasteiger partial charge in [-0.05, 0) is 52.2 Å². The highest BCUT2D eigenvalue weighted by atomic mass is 79.9. The van der Waals surface area contributed by atoms with Gasteiger partial charge in [0, 0.05) is 11.4 Å². The topological polar surface area (TPSA) is 72.2 Å². The Kier molecular flexibility index (Phi) is 4.53. The Bertz CT molecular complexity index is 779. The van der Waals surface area contributed by atoms with Gasteiger partial charge in [0.2, 0.25) is 0 Å². The molecule has 112 valence electrons. The minimum absolute atomic E-state index is 0.00480. The van der Waals surface area contributed by atoms with Crippen LogP contribution in [0, 0.1) is 5.82 Å². The maximum Gasteiger partial charge on any atom is 0.264 e. The van der Waals surface area contributed by atoms with Crippen LogP contribution in [-0.2, 0) is 16.4 Å². The molecule has 0 unspecified atom stereocenters. The molecule has 2 aromatic carbocycles. The maximum absolute atomic E-state index is 14.0. The Balaban J connectivity index is 2.43. The van der Waals surface area contributed by atoms with Crippen molar-refractivity contribution < 1.29 is 12.8 Å². The van der Waals surface area contributed by atoms with Crippen LogP contribution in [0.1, 0.15) is 12.5 Å². The number of nitrogen functional groups attached to an aromatic ring is 1. The first-order valence-electron chi connectivity index (χ1n) is 6.19. The molecule has 21 heavy (non-hydrogen) atoms. The van der Waals surface area contributed by atoms with E-state index in [0.29, 0.717) is 5.69 Å². The zero-order valence-electron chi connectivity index (χ0n) is 11.2. The smallest absolute Gasteiger partial charge is 0.264 e. The van der Waals surface area contributed by atoms with Gasteiger partial charge in [-0.25, -0.2) is 12.8 Å². The van der Waals surface area contributed by atoms with Gasteiger partial charge in [-0.3, -0.25) is 4.72 Å². The Hall–Kier alpha value is -1.60. The number of hydrogen-bond donors (Lipinski definition) is 2. The van der Waals surface area contributed by atoms with E-state index in [2.05, 4.69) is 20.7 Å². The fourth-order valence-corrected chi connectivity index (χ4v) is 3.64. The minimum Gasteiger partial charge on any atom is -0.399 e. The highest BCUT2D eigenvalue weighted by Gasteiger charge is 2.22. The van der Waals surface area contributed by atoms with Gasteiger partial charge in [0.05, 0.1) is 4.47 Å². The molecule has 2 rings (SSSR count). The zero-order valence-corrected chi connectivity index (χ0v) is 13.6. The lowest BCUT2D eigenvalue weighted by atomic mass is 10.1. The van der Waals surface area contributed by atoms with Gasteiger partial charge in [0.15, 0.2) is 5.82 Å². The molecular formula is C14H14BrFN2O2S. The van der Waals surface area contributed by atoms with E-state index in [-0.39, 0.29) is 10.2 Å². The summed E-state index contributed by atoms with van der Waals surface area (Å²) in [7, 11) is -4.05. The molecule has 2 aromatic rings. The number of nitrogens with one attached hydrogen (secondary N) is 1. The second-order valence-electron chi connectivity index (χ2n) is 4.47. The van der Waals surface area contributed by atoms with Gasteiger partial charge in [0.25, 0.3) is 10.0 Å². The van der Waals surface area contributed by atoms with Crippen LogP contribution >= 0.6 is 15.9 Å². The van der Waals surface area contributed by atoms with Crippen LogP contribution in [0.25, 0.3) is 0 Å². The second kappa shape index (κ2) is 6.03. The fourth-order valence-electron chi connectivity index (χ4n) is 1.84. The van der Waals surface area contributed by atoms with Crippen molar-refractivity contribution in [3.8, 4) is 0 Å². The summed E-state index contributed by atoms with van der Waals surface area (Å²) in [5.41, 5.74) is 7.09. The van der Waals surface area contributed by atoms with Crippen LogP contribution in [-0.4, -0.2) is 8.42 Å². The molecule has 3 N–H and O–H groups in total. The van der Waals surface area contributed by atoms with E-state index in [0.717, 1.165) is 18.1 Å². The molecule has 7 heteroatoms. The monoisotopic (exact) mass is 372 g/mol. The average molecular weight is 373 g/mol. The summed E-state index contributed by atoms with van der Waals surface area (Å²) in [6, 6.07) is 9.34. The van der Waals surface area contributed by atoms with Gasteiger partial charge in [-0.1, -0.05) is 19.1 Å². The van der Waals surface area contributed by atoms with Crippen LogP contribution in [0.3, 0.4) is 0 Å². The van der Waals surface area contributed by atoms with E-state index in [9.17, 15) is 12.8 Å². The molecule has 0 aliphatic rings. The van der Waals surface area contributed by atoms with E-state index >= 15 is 0 Å². The molecule has 4 nitrogen and oxygen atoms in total. The van der Waals surface area contributed by atoms with E-state index in [1.807, 2.05) is 13.0 Å². The lowest BCUT2D eigenvalue weighted by Crippen LogP contribution is -2.15. The molecule has 0 saturated carbocycles. The molecule has 0 radical (unpaired) electrons. The van der Waals surface area contributed by atoms with Crippen LogP contribution in [0.5, 0.6) is 0 Å². The Morgan fingerprint density at radius 2 is 2.00 bits per heavy atom. The van der Waals surface area contributed by atoms with E-state index in [1.165, 1.54) is 6.07 Å². The molecule has 0 aliphatic heterocycles. The molecule has 0 aromatic heterocycles. The number of aryl methyl sites for hydroxylation is 1. The number of benzene rings is 2. The molecular weight excluding hydrogens is 359 g/mol. The molecule has 0 aliphatic carbocycles. The number of halogens is 2. The standard InChI is InChI=1S/C14H14BrFN2O2S/c1-2-9-4-3-5-11(6-9)18-21(19,20)13-8-10(17)7-12(15)14(13)16/h3-8,18H,2,17H2,1H3. The lowest BCUT2D eigenvalue weighted by molar-refractivity contribution is 0.567. The van der Waals surface area contributed by atoms with Crippen molar-refractivity contribution in [3.63, 3.8) is 0 Å². The quantitative estimate of drug-likeness (QED) is 0.806. The predicted octanol–water partition coefficient (Wildman–Crippen LogP) is 3.53. The van der Waals surface area contributed by atoms with Gasteiger partial charge < -0.3 is 5.73 Å². The average Bonchev–Trinajstić information content (AvgIpc) is 2.42. The first-order chi connectivity index (χ1) is 9.83. The molecule has 0 spiro atoms. The number of anilines is 2. The summed E-state index contributed by atoms with van der Waals surface area (Å²) in [5, 5.41) is 0. The number of nitrogens with two attached hydrogens (primary N) is 1. The first-order valence-corrected chi connectivity index (χ1v) is 8.47. The van der Waals surface area contributed by atoms with Gasteiger partial charge in [-0.15, -0.1) is 0 Å². The largest absolute Gasteiger partial charge is 0.399 e. The van der Waals surface area contributed by atoms with E-state index in [4.69, 9.17) is 5.73 Å². The third-order valence-electron chi connectivity index (χ3n) is 2.89.